The molecular weight excluding hydrogens is 471 g/mol. The highest BCUT2D eigenvalue weighted by molar-refractivity contribution is 7.92. The summed E-state index contributed by atoms with van der Waals surface area (Å²) in [5.74, 6) is -4.14. The maximum absolute atomic E-state index is 13.8. The Morgan fingerprint density at radius 3 is 2.15 bits per heavy atom. The molecule has 0 radical (unpaired) electrons. The quantitative estimate of drug-likeness (QED) is 0.544. The molecule has 2 aromatic carbocycles. The fourth-order valence-corrected chi connectivity index (χ4v) is 3.93. The minimum Gasteiger partial charge on any atom is -0.352 e. The van der Waals surface area contributed by atoms with E-state index in [-0.39, 0.29) is 18.3 Å². The fraction of sp³-hybridized carbons (Fsp3) is 0.391. The number of nitrogens with one attached hydrogen (secondary N) is 1. The number of carbonyl (C=O) groups is 2. The van der Waals surface area contributed by atoms with E-state index in [1.165, 1.54) is 31.2 Å². The minimum absolute atomic E-state index is 0.108. The molecule has 2 amide bonds. The summed E-state index contributed by atoms with van der Waals surface area (Å²) in [5.41, 5.74) is 0.268. The lowest BCUT2D eigenvalue weighted by atomic mass is 10.1. The van der Waals surface area contributed by atoms with Gasteiger partial charge in [0.2, 0.25) is 21.8 Å². The summed E-state index contributed by atoms with van der Waals surface area (Å²) < 4.78 is 65.9. The molecule has 2 rings (SSSR count). The maximum atomic E-state index is 13.8. The topological polar surface area (TPSA) is 86.8 Å². The van der Waals surface area contributed by atoms with Gasteiger partial charge in [-0.3, -0.25) is 13.9 Å². The zero-order chi connectivity index (χ0) is 25.6. The van der Waals surface area contributed by atoms with Crippen LogP contribution in [-0.2, 0) is 26.2 Å². The number of sulfonamides is 1. The molecule has 34 heavy (non-hydrogen) atoms. The van der Waals surface area contributed by atoms with Crippen LogP contribution in [0, 0.1) is 17.5 Å². The molecule has 11 heteroatoms. The molecular formula is C23H28F3N3O4S. The van der Waals surface area contributed by atoms with Crippen molar-refractivity contribution in [2.75, 3.05) is 17.1 Å². The number of halogens is 3. The number of amides is 2. The third kappa shape index (κ3) is 7.21. The van der Waals surface area contributed by atoms with Gasteiger partial charge in [0.25, 0.3) is 0 Å². The maximum Gasteiger partial charge on any atom is 0.244 e. The second-order valence-electron chi connectivity index (χ2n) is 8.01. The highest BCUT2D eigenvalue weighted by Crippen LogP contribution is 2.21. The summed E-state index contributed by atoms with van der Waals surface area (Å²) in [6.45, 7) is 4.30. The van der Waals surface area contributed by atoms with Crippen molar-refractivity contribution < 1.29 is 31.2 Å². The number of hydrogen-bond acceptors (Lipinski definition) is 4. The van der Waals surface area contributed by atoms with Crippen molar-refractivity contribution >= 4 is 27.5 Å². The van der Waals surface area contributed by atoms with E-state index in [1.807, 2.05) is 6.92 Å². The van der Waals surface area contributed by atoms with Crippen molar-refractivity contribution in [3.8, 4) is 0 Å². The molecule has 2 aromatic rings. The van der Waals surface area contributed by atoms with Gasteiger partial charge >= 0.3 is 0 Å². The average molecular weight is 500 g/mol. The van der Waals surface area contributed by atoms with Gasteiger partial charge in [0.15, 0.2) is 11.6 Å². The van der Waals surface area contributed by atoms with Crippen LogP contribution in [-0.4, -0.2) is 50.0 Å². The summed E-state index contributed by atoms with van der Waals surface area (Å²) in [6, 6.07) is 6.59. The van der Waals surface area contributed by atoms with E-state index in [0.717, 1.165) is 23.3 Å². The molecule has 0 fully saturated rings. The Bertz CT molecular complexity index is 1130. The summed E-state index contributed by atoms with van der Waals surface area (Å²) in [7, 11) is -4.08. The molecule has 7 nitrogen and oxygen atoms in total. The highest BCUT2D eigenvalue weighted by atomic mass is 32.2. The Balaban J connectivity index is 2.39. The highest BCUT2D eigenvalue weighted by Gasteiger charge is 2.30. The van der Waals surface area contributed by atoms with Crippen molar-refractivity contribution in [3.05, 3.63) is 65.5 Å². The van der Waals surface area contributed by atoms with Gasteiger partial charge < -0.3 is 10.2 Å². The van der Waals surface area contributed by atoms with Crippen LogP contribution in [0.2, 0.25) is 0 Å². The lowest BCUT2D eigenvalue weighted by Gasteiger charge is -2.32. The monoisotopic (exact) mass is 499 g/mol. The van der Waals surface area contributed by atoms with E-state index in [4.69, 9.17) is 0 Å². The van der Waals surface area contributed by atoms with E-state index in [9.17, 15) is 31.2 Å². The molecule has 0 saturated heterocycles. The van der Waals surface area contributed by atoms with Crippen molar-refractivity contribution in [2.24, 2.45) is 0 Å². The second-order valence-corrected chi connectivity index (χ2v) is 9.92. The van der Waals surface area contributed by atoms with Gasteiger partial charge in [-0.25, -0.2) is 21.6 Å². The van der Waals surface area contributed by atoms with Crippen LogP contribution < -0.4 is 9.62 Å². The van der Waals surface area contributed by atoms with Crippen LogP contribution in [0.3, 0.4) is 0 Å². The molecule has 0 saturated carbocycles. The first kappa shape index (κ1) is 27.2. The van der Waals surface area contributed by atoms with Crippen LogP contribution in [0.25, 0.3) is 0 Å². The first-order valence-corrected chi connectivity index (χ1v) is 12.4. The lowest BCUT2D eigenvalue weighted by Crippen LogP contribution is -2.52. The zero-order valence-electron chi connectivity index (χ0n) is 19.4. The smallest absolute Gasteiger partial charge is 0.244 e. The SMILES string of the molecule is CC[C@@H](C)NC(=O)[C@H](C)N(Cc1ccc(F)cc1)C(=O)CN(c1ccc(F)c(F)c1)S(C)(=O)=O. The molecule has 0 aromatic heterocycles. The fourth-order valence-electron chi connectivity index (χ4n) is 3.09. The van der Waals surface area contributed by atoms with Crippen LogP contribution in [0.4, 0.5) is 18.9 Å². The van der Waals surface area contributed by atoms with Gasteiger partial charge in [0, 0.05) is 18.7 Å². The zero-order valence-corrected chi connectivity index (χ0v) is 20.2. The standard InChI is InChI=1S/C23H28F3N3O4S/c1-5-15(2)27-23(31)16(3)28(13-17-6-8-18(24)9-7-17)22(30)14-29(34(4,32)33)19-10-11-20(25)21(26)12-19/h6-12,15-16H,5,13-14H2,1-4H3,(H,27,31)/t15-,16+/m1/s1. The number of hydrogen-bond donors (Lipinski definition) is 1. The number of carbonyl (C=O) groups excluding carboxylic acids is 2. The van der Waals surface area contributed by atoms with Gasteiger partial charge in [-0.05, 0) is 50.1 Å². The molecule has 2 atom stereocenters. The van der Waals surface area contributed by atoms with Crippen molar-refractivity contribution in [2.45, 2.75) is 45.8 Å². The minimum atomic E-state index is -4.08. The van der Waals surface area contributed by atoms with Crippen LogP contribution in [0.15, 0.2) is 42.5 Å². The van der Waals surface area contributed by atoms with E-state index in [2.05, 4.69) is 5.32 Å². The number of nitrogens with zero attached hydrogens (tertiary/aromatic N) is 2. The molecule has 0 aliphatic carbocycles. The predicted octanol–water partition coefficient (Wildman–Crippen LogP) is 3.20. The Morgan fingerprint density at radius 2 is 1.62 bits per heavy atom. The number of benzene rings is 2. The Hall–Kier alpha value is -3.08. The van der Waals surface area contributed by atoms with Gasteiger partial charge in [-0.2, -0.15) is 0 Å². The van der Waals surface area contributed by atoms with E-state index >= 15 is 0 Å². The van der Waals surface area contributed by atoms with Crippen molar-refractivity contribution in [3.63, 3.8) is 0 Å². The first-order chi connectivity index (χ1) is 15.8. The molecule has 186 valence electrons. The summed E-state index contributed by atoms with van der Waals surface area (Å²) >= 11 is 0. The van der Waals surface area contributed by atoms with Crippen LogP contribution in [0.5, 0.6) is 0 Å². The Kier molecular flexibility index (Phi) is 9.08. The van der Waals surface area contributed by atoms with Crippen LogP contribution in [0.1, 0.15) is 32.8 Å². The summed E-state index contributed by atoms with van der Waals surface area (Å²) in [5, 5.41) is 2.77. The van der Waals surface area contributed by atoms with Crippen molar-refractivity contribution in [1.29, 1.82) is 0 Å². The largest absolute Gasteiger partial charge is 0.352 e. The summed E-state index contributed by atoms with van der Waals surface area (Å²) in [4.78, 5) is 27.2. The third-order valence-electron chi connectivity index (χ3n) is 5.30. The lowest BCUT2D eigenvalue weighted by molar-refractivity contribution is -0.139. The van der Waals surface area contributed by atoms with Gasteiger partial charge in [-0.1, -0.05) is 19.1 Å². The summed E-state index contributed by atoms with van der Waals surface area (Å²) in [6.07, 6.45) is 1.48. The molecule has 0 unspecified atom stereocenters. The third-order valence-corrected chi connectivity index (χ3v) is 6.45. The number of anilines is 1. The van der Waals surface area contributed by atoms with E-state index in [1.54, 1.807) is 6.92 Å². The van der Waals surface area contributed by atoms with Gasteiger partial charge in [-0.15, -0.1) is 0 Å². The van der Waals surface area contributed by atoms with E-state index < -0.39 is 51.9 Å². The molecule has 0 heterocycles. The van der Waals surface area contributed by atoms with E-state index in [0.29, 0.717) is 22.4 Å². The molecule has 0 bridgehead atoms. The second kappa shape index (κ2) is 11.4. The molecule has 1 N–H and O–H groups in total. The molecule has 0 aliphatic rings. The Labute approximate surface area is 197 Å². The average Bonchev–Trinajstić information content (AvgIpc) is 2.77. The van der Waals surface area contributed by atoms with Crippen LogP contribution >= 0.6 is 0 Å². The first-order valence-electron chi connectivity index (χ1n) is 10.6. The molecule has 0 aliphatic heterocycles. The van der Waals surface area contributed by atoms with Gasteiger partial charge in [0.1, 0.15) is 18.4 Å². The predicted molar refractivity (Wildman–Crippen MR) is 123 cm³/mol. The Morgan fingerprint density at radius 1 is 1.00 bits per heavy atom. The van der Waals surface area contributed by atoms with Gasteiger partial charge in [0.05, 0.1) is 11.9 Å². The van der Waals surface area contributed by atoms with Crippen molar-refractivity contribution in [1.82, 2.24) is 10.2 Å². The number of rotatable bonds is 10. The normalized spacial score (nSPS) is 13.1. The molecule has 0 spiro atoms.